The van der Waals surface area contributed by atoms with E-state index in [0.29, 0.717) is 19.8 Å². The van der Waals surface area contributed by atoms with Crippen molar-refractivity contribution in [2.45, 2.75) is 26.0 Å². The zero-order valence-electron chi connectivity index (χ0n) is 13.2. The summed E-state index contributed by atoms with van der Waals surface area (Å²) in [4.78, 5) is 22.8. The highest BCUT2D eigenvalue weighted by molar-refractivity contribution is 5.79. The second kappa shape index (κ2) is 11.4. The molecule has 128 valence electrons. The fourth-order valence-electron chi connectivity index (χ4n) is 1.73. The van der Waals surface area contributed by atoms with E-state index < -0.39 is 18.1 Å². The highest BCUT2D eigenvalue weighted by Crippen LogP contribution is 2.01. The Bertz CT molecular complexity index is 465. The van der Waals surface area contributed by atoms with Crippen LogP contribution in [0.3, 0.4) is 0 Å². The molecule has 0 radical (unpaired) electrons. The Balaban J connectivity index is 2.25. The van der Waals surface area contributed by atoms with Gasteiger partial charge in [0.15, 0.2) is 0 Å². The Hall–Kier alpha value is -2.12. The lowest BCUT2D eigenvalue weighted by atomic mass is 10.2. The predicted molar refractivity (Wildman–Crippen MR) is 83.1 cm³/mol. The molecule has 1 rings (SSSR count). The van der Waals surface area contributed by atoms with Crippen molar-refractivity contribution in [2.24, 2.45) is 0 Å². The maximum atomic E-state index is 11.6. The number of carboxylic acids is 1. The van der Waals surface area contributed by atoms with E-state index >= 15 is 0 Å². The summed E-state index contributed by atoms with van der Waals surface area (Å²) in [5.74, 6) is -1.13. The van der Waals surface area contributed by atoms with Crippen LogP contribution in [0.5, 0.6) is 0 Å². The van der Waals surface area contributed by atoms with Crippen molar-refractivity contribution in [3.63, 3.8) is 0 Å². The van der Waals surface area contributed by atoms with Crippen LogP contribution in [-0.2, 0) is 25.6 Å². The molecule has 1 aromatic carbocycles. The van der Waals surface area contributed by atoms with Crippen molar-refractivity contribution in [1.29, 1.82) is 0 Å². The van der Waals surface area contributed by atoms with E-state index in [-0.39, 0.29) is 19.6 Å². The van der Waals surface area contributed by atoms with E-state index in [1.807, 2.05) is 37.3 Å². The molecule has 0 heterocycles. The highest BCUT2D eigenvalue weighted by Gasteiger charge is 2.20. The summed E-state index contributed by atoms with van der Waals surface area (Å²) in [6, 6.07) is 8.09. The molecule has 0 fully saturated rings. The van der Waals surface area contributed by atoms with E-state index in [9.17, 15) is 9.59 Å². The number of carbonyl (C=O) groups excluding carboxylic acids is 1. The molecule has 0 saturated carbocycles. The predicted octanol–water partition coefficient (Wildman–Crippen LogP) is 1.81. The Labute approximate surface area is 135 Å². The molecule has 0 aliphatic carbocycles. The third-order valence-corrected chi connectivity index (χ3v) is 2.93. The van der Waals surface area contributed by atoms with Crippen molar-refractivity contribution < 1.29 is 28.9 Å². The van der Waals surface area contributed by atoms with Crippen LogP contribution in [0.25, 0.3) is 0 Å². The number of alkyl carbamates (subject to hydrolysis) is 1. The first-order valence-corrected chi connectivity index (χ1v) is 7.49. The fourth-order valence-corrected chi connectivity index (χ4v) is 1.73. The Kier molecular flexibility index (Phi) is 9.42. The summed E-state index contributed by atoms with van der Waals surface area (Å²) in [7, 11) is 0. The molecule has 23 heavy (non-hydrogen) atoms. The number of carboxylic acid groups (broad SMARTS) is 1. The van der Waals surface area contributed by atoms with Crippen molar-refractivity contribution in [3.8, 4) is 0 Å². The van der Waals surface area contributed by atoms with Gasteiger partial charge in [-0.1, -0.05) is 30.3 Å². The first kappa shape index (κ1) is 18.9. The summed E-state index contributed by atoms with van der Waals surface area (Å²) >= 11 is 0. The molecular weight excluding hydrogens is 302 g/mol. The van der Waals surface area contributed by atoms with Gasteiger partial charge >= 0.3 is 12.1 Å². The number of rotatable bonds is 11. The van der Waals surface area contributed by atoms with Crippen LogP contribution in [0.2, 0.25) is 0 Å². The van der Waals surface area contributed by atoms with Crippen LogP contribution in [-0.4, -0.2) is 49.6 Å². The number of amides is 1. The minimum Gasteiger partial charge on any atom is -0.480 e. The van der Waals surface area contributed by atoms with Crippen molar-refractivity contribution in [2.75, 3.05) is 26.4 Å². The number of hydrogen-bond acceptors (Lipinski definition) is 5. The van der Waals surface area contributed by atoms with Gasteiger partial charge in [-0.05, 0) is 12.5 Å². The smallest absolute Gasteiger partial charge is 0.408 e. The number of carbonyl (C=O) groups is 2. The maximum Gasteiger partial charge on any atom is 0.408 e. The summed E-state index contributed by atoms with van der Waals surface area (Å²) in [6.07, 6.45) is -0.613. The monoisotopic (exact) mass is 325 g/mol. The number of ether oxygens (including phenoxy) is 3. The van der Waals surface area contributed by atoms with E-state index in [1.54, 1.807) is 0 Å². The standard InChI is InChI=1S/C16H23NO6/c1-2-21-10-11-22-9-8-14(15(18)19)17-16(20)23-12-13-6-4-3-5-7-13/h3-7,14H,2,8-12H2,1H3,(H,17,20)(H,18,19). The molecule has 0 bridgehead atoms. The van der Waals surface area contributed by atoms with Gasteiger partial charge in [-0.2, -0.15) is 0 Å². The fraction of sp³-hybridized carbons (Fsp3) is 0.500. The van der Waals surface area contributed by atoms with E-state index in [1.165, 1.54) is 0 Å². The Morgan fingerprint density at radius 3 is 2.48 bits per heavy atom. The van der Waals surface area contributed by atoms with Gasteiger partial charge in [-0.3, -0.25) is 0 Å². The minimum absolute atomic E-state index is 0.0872. The second-order valence-electron chi connectivity index (χ2n) is 4.69. The van der Waals surface area contributed by atoms with Gasteiger partial charge in [-0.25, -0.2) is 9.59 Å². The molecule has 2 N–H and O–H groups in total. The molecule has 1 atom stereocenters. The summed E-state index contributed by atoms with van der Waals surface area (Å²) < 4.78 is 15.3. The van der Waals surface area contributed by atoms with Crippen molar-refractivity contribution in [1.82, 2.24) is 5.32 Å². The topological polar surface area (TPSA) is 94.1 Å². The van der Waals surface area contributed by atoms with Crippen LogP contribution < -0.4 is 5.32 Å². The quantitative estimate of drug-likeness (QED) is 0.603. The summed E-state index contributed by atoms with van der Waals surface area (Å²) in [5.41, 5.74) is 0.828. The number of benzene rings is 1. The highest BCUT2D eigenvalue weighted by atomic mass is 16.5. The van der Waals surface area contributed by atoms with Crippen molar-refractivity contribution >= 4 is 12.1 Å². The molecule has 0 aliphatic rings. The van der Waals surface area contributed by atoms with Crippen LogP contribution in [0, 0.1) is 0 Å². The normalized spacial score (nSPS) is 11.7. The van der Waals surface area contributed by atoms with Crippen LogP contribution in [0.15, 0.2) is 30.3 Å². The number of nitrogens with one attached hydrogen (secondary N) is 1. The van der Waals surface area contributed by atoms with Gasteiger partial charge in [0, 0.05) is 19.6 Å². The molecule has 1 aromatic rings. The first-order valence-electron chi connectivity index (χ1n) is 7.49. The van der Waals surface area contributed by atoms with Crippen LogP contribution in [0.4, 0.5) is 4.79 Å². The summed E-state index contributed by atoms with van der Waals surface area (Å²) in [5, 5.41) is 11.4. The van der Waals surface area contributed by atoms with Gasteiger partial charge in [0.25, 0.3) is 0 Å². The molecule has 0 spiro atoms. The third kappa shape index (κ3) is 8.80. The van der Waals surface area contributed by atoms with Gasteiger partial charge in [0.1, 0.15) is 12.6 Å². The Morgan fingerprint density at radius 1 is 1.13 bits per heavy atom. The molecule has 1 unspecified atom stereocenters. The molecule has 0 aromatic heterocycles. The van der Waals surface area contributed by atoms with Gasteiger partial charge in [0.05, 0.1) is 13.2 Å². The lowest BCUT2D eigenvalue weighted by Crippen LogP contribution is -2.41. The van der Waals surface area contributed by atoms with Gasteiger partial charge < -0.3 is 24.6 Å². The Morgan fingerprint density at radius 2 is 1.83 bits per heavy atom. The first-order chi connectivity index (χ1) is 11.1. The van der Waals surface area contributed by atoms with E-state index in [2.05, 4.69) is 5.32 Å². The lowest BCUT2D eigenvalue weighted by Gasteiger charge is -2.14. The van der Waals surface area contributed by atoms with E-state index in [0.717, 1.165) is 5.56 Å². The van der Waals surface area contributed by atoms with Crippen molar-refractivity contribution in [3.05, 3.63) is 35.9 Å². The molecular formula is C16H23NO6. The summed E-state index contributed by atoms with van der Waals surface area (Å²) in [6.45, 7) is 3.63. The molecule has 0 saturated heterocycles. The second-order valence-corrected chi connectivity index (χ2v) is 4.69. The number of aliphatic carboxylic acids is 1. The lowest BCUT2D eigenvalue weighted by molar-refractivity contribution is -0.139. The zero-order chi connectivity index (χ0) is 16.9. The molecule has 7 nitrogen and oxygen atoms in total. The third-order valence-electron chi connectivity index (χ3n) is 2.93. The molecule has 1 amide bonds. The van der Waals surface area contributed by atoms with Crippen LogP contribution in [0.1, 0.15) is 18.9 Å². The SMILES string of the molecule is CCOCCOCCC(NC(=O)OCc1ccccc1)C(=O)O. The van der Waals surface area contributed by atoms with Gasteiger partial charge in [-0.15, -0.1) is 0 Å². The maximum absolute atomic E-state index is 11.6. The molecule has 7 heteroatoms. The van der Waals surface area contributed by atoms with Crippen LogP contribution >= 0.6 is 0 Å². The minimum atomic E-state index is -1.13. The van der Waals surface area contributed by atoms with E-state index in [4.69, 9.17) is 19.3 Å². The molecule has 0 aliphatic heterocycles. The largest absolute Gasteiger partial charge is 0.480 e. The average molecular weight is 325 g/mol. The van der Waals surface area contributed by atoms with Gasteiger partial charge in [0.2, 0.25) is 0 Å². The average Bonchev–Trinajstić information content (AvgIpc) is 2.55. The zero-order valence-corrected chi connectivity index (χ0v) is 13.2. The number of hydrogen-bond donors (Lipinski definition) is 2.